The molecule has 0 amide bonds. The largest absolute Gasteiger partial charge is 0.483 e. The van der Waals surface area contributed by atoms with Crippen molar-refractivity contribution in [1.82, 2.24) is 5.32 Å². The number of rotatable bonds is 5. The van der Waals surface area contributed by atoms with Crippen LogP contribution in [0.5, 0.6) is 5.75 Å². The molecule has 7 heteroatoms. The van der Waals surface area contributed by atoms with Crippen LogP contribution in [-0.4, -0.2) is 18.7 Å². The highest BCUT2D eigenvalue weighted by molar-refractivity contribution is 5.29. The zero-order valence-corrected chi connectivity index (χ0v) is 10.7. The van der Waals surface area contributed by atoms with Crippen molar-refractivity contribution < 1.29 is 26.7 Å². The van der Waals surface area contributed by atoms with Crippen molar-refractivity contribution in [2.45, 2.75) is 32.9 Å². The molecule has 19 heavy (non-hydrogen) atoms. The molecule has 108 valence electrons. The highest BCUT2D eigenvalue weighted by Gasteiger charge is 2.27. The molecule has 0 bridgehead atoms. The summed E-state index contributed by atoms with van der Waals surface area (Å²) in [6, 6.07) is 0.0995. The number of benzene rings is 1. The van der Waals surface area contributed by atoms with Crippen molar-refractivity contribution in [1.29, 1.82) is 0 Å². The van der Waals surface area contributed by atoms with Crippen molar-refractivity contribution in [2.75, 3.05) is 6.54 Å². The average Bonchev–Trinajstić information content (AvgIpc) is 2.36. The van der Waals surface area contributed by atoms with Crippen LogP contribution < -0.4 is 10.1 Å². The van der Waals surface area contributed by atoms with Crippen LogP contribution in [0.25, 0.3) is 0 Å². The molecule has 0 spiro atoms. The summed E-state index contributed by atoms with van der Waals surface area (Å²) in [5.74, 6) is -11.4. The highest BCUT2D eigenvalue weighted by atomic mass is 19.2. The van der Waals surface area contributed by atoms with E-state index in [1.807, 2.05) is 13.8 Å². The predicted octanol–water partition coefficient (Wildman–Crippen LogP) is 3.15. The Labute approximate surface area is 107 Å². The van der Waals surface area contributed by atoms with E-state index in [2.05, 4.69) is 5.32 Å². The van der Waals surface area contributed by atoms with E-state index in [4.69, 9.17) is 4.74 Å². The van der Waals surface area contributed by atoms with Gasteiger partial charge in [0, 0.05) is 12.6 Å². The molecule has 1 atom stereocenters. The minimum Gasteiger partial charge on any atom is -0.483 e. The van der Waals surface area contributed by atoms with Gasteiger partial charge in [-0.3, -0.25) is 0 Å². The van der Waals surface area contributed by atoms with Gasteiger partial charge in [0.15, 0.2) is 5.75 Å². The van der Waals surface area contributed by atoms with Crippen LogP contribution in [0, 0.1) is 29.1 Å². The van der Waals surface area contributed by atoms with Crippen LogP contribution >= 0.6 is 0 Å². The minimum absolute atomic E-state index is 0.0995. The Kier molecular flexibility index (Phi) is 5.11. The molecule has 0 aliphatic heterocycles. The highest BCUT2D eigenvalue weighted by Crippen LogP contribution is 2.29. The van der Waals surface area contributed by atoms with E-state index in [1.165, 1.54) is 6.92 Å². The maximum Gasteiger partial charge on any atom is 0.207 e. The van der Waals surface area contributed by atoms with Crippen LogP contribution in [0.1, 0.15) is 20.8 Å². The van der Waals surface area contributed by atoms with E-state index in [0.717, 1.165) is 0 Å². The number of hydrogen-bond donors (Lipinski definition) is 1. The Morgan fingerprint density at radius 3 is 1.68 bits per heavy atom. The summed E-state index contributed by atoms with van der Waals surface area (Å²) in [4.78, 5) is 0. The normalized spacial score (nSPS) is 12.9. The van der Waals surface area contributed by atoms with Crippen molar-refractivity contribution in [3.8, 4) is 5.75 Å². The second kappa shape index (κ2) is 6.18. The Morgan fingerprint density at radius 2 is 1.26 bits per heavy atom. The van der Waals surface area contributed by atoms with Crippen LogP contribution in [-0.2, 0) is 0 Å². The zero-order chi connectivity index (χ0) is 14.7. The third-order valence-electron chi connectivity index (χ3n) is 2.30. The first-order valence-corrected chi connectivity index (χ1v) is 5.67. The van der Waals surface area contributed by atoms with E-state index >= 15 is 0 Å². The summed E-state index contributed by atoms with van der Waals surface area (Å²) in [5, 5.41) is 2.91. The average molecular weight is 283 g/mol. The van der Waals surface area contributed by atoms with Gasteiger partial charge in [-0.15, -0.1) is 0 Å². The van der Waals surface area contributed by atoms with Gasteiger partial charge in [0.2, 0.25) is 29.1 Å². The second-order valence-electron chi connectivity index (χ2n) is 4.39. The number of ether oxygens (including phenoxy) is 1. The molecule has 1 aromatic rings. The summed E-state index contributed by atoms with van der Waals surface area (Å²) in [6.07, 6.45) is -0.754. The maximum absolute atomic E-state index is 13.3. The van der Waals surface area contributed by atoms with Gasteiger partial charge in [-0.2, -0.15) is 8.78 Å². The molecule has 0 aliphatic rings. The molecule has 0 fully saturated rings. The van der Waals surface area contributed by atoms with Gasteiger partial charge in [0.05, 0.1) is 0 Å². The second-order valence-corrected chi connectivity index (χ2v) is 4.39. The monoisotopic (exact) mass is 283 g/mol. The first-order chi connectivity index (χ1) is 8.75. The lowest BCUT2D eigenvalue weighted by Gasteiger charge is -2.18. The van der Waals surface area contributed by atoms with Gasteiger partial charge >= 0.3 is 0 Å². The molecule has 0 aliphatic carbocycles. The topological polar surface area (TPSA) is 21.3 Å². The first-order valence-electron chi connectivity index (χ1n) is 5.67. The van der Waals surface area contributed by atoms with E-state index in [9.17, 15) is 22.0 Å². The Hall–Kier alpha value is -1.37. The fourth-order valence-corrected chi connectivity index (χ4v) is 1.33. The molecule has 0 radical (unpaired) electrons. The fourth-order valence-electron chi connectivity index (χ4n) is 1.33. The third kappa shape index (κ3) is 3.56. The molecular formula is C12H14F5NO. The third-order valence-corrected chi connectivity index (χ3v) is 2.30. The van der Waals surface area contributed by atoms with E-state index in [1.54, 1.807) is 0 Å². The van der Waals surface area contributed by atoms with Crippen molar-refractivity contribution in [3.05, 3.63) is 29.1 Å². The predicted molar refractivity (Wildman–Crippen MR) is 59.5 cm³/mol. The summed E-state index contributed by atoms with van der Waals surface area (Å²) >= 11 is 0. The van der Waals surface area contributed by atoms with Gasteiger partial charge in [-0.05, 0) is 6.92 Å². The standard InChI is InChI=1S/C12H14F5NO/c1-5(2)18-4-6(3)19-12-10(16)8(14)7(13)9(15)11(12)17/h5-6,18H,4H2,1-3H3. The molecule has 2 nitrogen and oxygen atoms in total. The van der Waals surface area contributed by atoms with Gasteiger partial charge in [0.25, 0.3) is 0 Å². The van der Waals surface area contributed by atoms with Gasteiger partial charge in [-0.25, -0.2) is 13.2 Å². The van der Waals surface area contributed by atoms with Crippen molar-refractivity contribution >= 4 is 0 Å². The quantitative estimate of drug-likeness (QED) is 0.509. The molecule has 1 rings (SSSR count). The van der Waals surface area contributed by atoms with Crippen LogP contribution in [0.15, 0.2) is 0 Å². The number of nitrogens with one attached hydrogen (secondary N) is 1. The number of hydrogen-bond acceptors (Lipinski definition) is 2. The molecule has 1 unspecified atom stereocenters. The zero-order valence-electron chi connectivity index (χ0n) is 10.7. The molecule has 0 aromatic heterocycles. The molecule has 0 saturated carbocycles. The maximum atomic E-state index is 13.3. The SMILES string of the molecule is CC(C)NCC(C)Oc1c(F)c(F)c(F)c(F)c1F. The lowest BCUT2D eigenvalue weighted by Crippen LogP contribution is -2.33. The molecule has 1 N–H and O–H groups in total. The Bertz CT molecular complexity index is 435. The fraction of sp³-hybridized carbons (Fsp3) is 0.500. The molecule has 0 saturated heterocycles. The van der Waals surface area contributed by atoms with Gasteiger partial charge in [0.1, 0.15) is 6.10 Å². The minimum atomic E-state index is -2.20. The van der Waals surface area contributed by atoms with Crippen LogP contribution in [0.3, 0.4) is 0 Å². The summed E-state index contributed by atoms with van der Waals surface area (Å²) in [6.45, 7) is 5.33. The van der Waals surface area contributed by atoms with Gasteiger partial charge in [-0.1, -0.05) is 13.8 Å². The van der Waals surface area contributed by atoms with Crippen LogP contribution in [0.4, 0.5) is 22.0 Å². The Morgan fingerprint density at radius 1 is 0.842 bits per heavy atom. The molecule has 1 aromatic carbocycles. The van der Waals surface area contributed by atoms with E-state index in [-0.39, 0.29) is 12.6 Å². The molecular weight excluding hydrogens is 269 g/mol. The van der Waals surface area contributed by atoms with Crippen molar-refractivity contribution in [2.24, 2.45) is 0 Å². The first kappa shape index (κ1) is 15.7. The van der Waals surface area contributed by atoms with E-state index in [0.29, 0.717) is 0 Å². The summed E-state index contributed by atoms with van der Waals surface area (Å²) in [7, 11) is 0. The summed E-state index contributed by atoms with van der Waals surface area (Å²) in [5.41, 5.74) is 0. The lowest BCUT2D eigenvalue weighted by molar-refractivity contribution is 0.186. The van der Waals surface area contributed by atoms with E-state index < -0.39 is 40.9 Å². The number of halogens is 5. The lowest BCUT2D eigenvalue weighted by atomic mass is 10.2. The van der Waals surface area contributed by atoms with Gasteiger partial charge < -0.3 is 10.1 Å². The Balaban J connectivity index is 2.95. The molecule has 0 heterocycles. The van der Waals surface area contributed by atoms with Crippen molar-refractivity contribution in [3.63, 3.8) is 0 Å². The smallest absolute Gasteiger partial charge is 0.207 e. The van der Waals surface area contributed by atoms with Crippen LogP contribution in [0.2, 0.25) is 0 Å². The summed E-state index contributed by atoms with van der Waals surface area (Å²) < 4.78 is 70.0.